The molecule has 4 aliphatic rings. The molecule has 2 saturated carbocycles. The number of Topliss-reactive ketones (excluding diaryl/α,β-unsaturated/α-hetero) is 1. The van der Waals surface area contributed by atoms with Gasteiger partial charge in [-0.25, -0.2) is 37.1 Å². The van der Waals surface area contributed by atoms with Crippen molar-refractivity contribution in [2.75, 3.05) is 19.8 Å². The molecule has 3 N–H and O–H groups in total. The highest BCUT2D eigenvalue weighted by atomic mass is 35.6. The van der Waals surface area contributed by atoms with Gasteiger partial charge in [-0.15, -0.1) is 0 Å². The number of hydrogen-bond donors (Lipinski definition) is 3. The third kappa shape index (κ3) is 12.9. The van der Waals surface area contributed by atoms with E-state index in [0.29, 0.717) is 0 Å². The zero-order chi connectivity index (χ0) is 57.6. The third-order valence-electron chi connectivity index (χ3n) is 14.2. The lowest BCUT2D eigenvalue weighted by molar-refractivity contribution is -0.346. The minimum absolute atomic E-state index is 0.118. The summed E-state index contributed by atoms with van der Waals surface area (Å²) >= 11 is 35.2. The Labute approximate surface area is 468 Å². The number of aliphatic hydroxyl groups is 2. The number of carbonyl (C=O) groups excluding carboxylic acids is 7. The van der Waals surface area contributed by atoms with Gasteiger partial charge in [0.15, 0.2) is 29.2 Å². The first-order chi connectivity index (χ1) is 35.5. The molecule has 1 amide bonds. The van der Waals surface area contributed by atoms with E-state index in [2.05, 4.69) is 5.32 Å². The van der Waals surface area contributed by atoms with E-state index in [0.717, 1.165) is 45.0 Å². The number of amides is 1. The van der Waals surface area contributed by atoms with Crippen molar-refractivity contribution in [3.63, 3.8) is 0 Å². The van der Waals surface area contributed by atoms with Crippen molar-refractivity contribution in [3.05, 3.63) is 82.7 Å². The van der Waals surface area contributed by atoms with Crippen molar-refractivity contribution >= 4 is 112 Å². The van der Waals surface area contributed by atoms with Crippen LogP contribution < -0.4 is 5.32 Å². The highest BCUT2D eigenvalue weighted by Crippen LogP contribution is 2.65. The minimum atomic E-state index is -3.21. The maximum absolute atomic E-state index is 16.3. The second-order valence-corrected chi connectivity index (χ2v) is 25.0. The van der Waals surface area contributed by atoms with Gasteiger partial charge in [0.2, 0.25) is 7.59 Å². The van der Waals surface area contributed by atoms with E-state index in [1.807, 2.05) is 0 Å². The normalized spacial score (nSPS) is 28.6. The fourth-order valence-corrected chi connectivity index (χ4v) is 10.7. The average Bonchev–Trinajstić information content (AvgIpc) is 3.32. The number of carbonyl (C=O) groups is 7. The highest BCUT2D eigenvalue weighted by Gasteiger charge is 2.79. The predicted octanol–water partition coefficient (Wildman–Crippen LogP) is 8.71. The molecule has 1 saturated heterocycles. The summed E-state index contributed by atoms with van der Waals surface area (Å²) in [6, 6.07) is 9.17. The Hall–Kier alpha value is -4.52. The summed E-state index contributed by atoms with van der Waals surface area (Å²) < 4.78 is 88.6. The fourth-order valence-electron chi connectivity index (χ4n) is 10.4. The number of benzene rings is 2. The van der Waals surface area contributed by atoms with Gasteiger partial charge in [0, 0.05) is 25.2 Å². The smallest absolute Gasteiger partial charge is 0.456 e. The maximum atomic E-state index is 16.3. The van der Waals surface area contributed by atoms with Gasteiger partial charge in [0.1, 0.15) is 49.0 Å². The molecule has 28 heteroatoms. The molecule has 424 valence electrons. The molecule has 3 aliphatic carbocycles. The van der Waals surface area contributed by atoms with Gasteiger partial charge in [0.05, 0.1) is 29.5 Å². The molecule has 2 aromatic rings. The van der Waals surface area contributed by atoms with E-state index in [1.165, 1.54) is 52.0 Å². The summed E-state index contributed by atoms with van der Waals surface area (Å²) in [4.78, 5) is 99.3. The van der Waals surface area contributed by atoms with Crippen LogP contribution in [0.1, 0.15) is 83.3 Å². The molecule has 2 bridgehead atoms. The number of ether oxygens (including phenoxy) is 9. The molecule has 6 rings (SSSR count). The van der Waals surface area contributed by atoms with Crippen molar-refractivity contribution in [1.82, 2.24) is 5.32 Å². The third-order valence-corrected chi connectivity index (χ3v) is 14.9. The summed E-state index contributed by atoms with van der Waals surface area (Å²) in [6.45, 7) is 5.52. The summed E-state index contributed by atoms with van der Waals surface area (Å²) in [5, 5.41) is 27.9. The zero-order valence-electron chi connectivity index (χ0n) is 41.8. The van der Waals surface area contributed by atoms with Crippen molar-refractivity contribution in [3.8, 4) is 0 Å². The van der Waals surface area contributed by atoms with Crippen LogP contribution in [-0.4, -0.2) is 140 Å². The predicted molar refractivity (Wildman–Crippen MR) is 265 cm³/mol. The average molecular weight is 1210 g/mol. The van der Waals surface area contributed by atoms with Crippen LogP contribution in [0.4, 0.5) is 27.6 Å². The van der Waals surface area contributed by atoms with E-state index < -0.39 is 171 Å². The van der Waals surface area contributed by atoms with Crippen LogP contribution in [0.15, 0.2) is 65.7 Å². The van der Waals surface area contributed by atoms with Gasteiger partial charge in [-0.3, -0.25) is 9.59 Å². The van der Waals surface area contributed by atoms with Crippen LogP contribution in [0.3, 0.4) is 0 Å². The second kappa shape index (κ2) is 22.9. The first kappa shape index (κ1) is 61.7. The SMILES string of the molecule is CC(=O)O[C@@]12CO[C@@H]1C[C@H](OC(=O)OCC(Cl)(Cl)Cl)[C@@]1(C)C(=O)[C@H](OC(=O)OCC(Cl)(Cl)Cl)C3=C(C)[C@@H](OC(=O)[C@H](O)[C@@H](NC(=O)OC(C)(C)C(F)F)c4ccc(F)cc4)C[C@@](O)([C@@H](OC(=O)c4ccccc4)[C@H]21)C3(C)C. The van der Waals surface area contributed by atoms with Crippen molar-refractivity contribution in [2.24, 2.45) is 16.7 Å². The van der Waals surface area contributed by atoms with Crippen molar-refractivity contribution in [1.29, 1.82) is 0 Å². The summed E-state index contributed by atoms with van der Waals surface area (Å²) in [5.74, 6) is -7.71. The second-order valence-electron chi connectivity index (χ2n) is 20.0. The molecule has 2 aromatic carbocycles. The number of rotatable bonds is 14. The molecule has 0 spiro atoms. The topological polar surface area (TPSA) is 255 Å². The van der Waals surface area contributed by atoms with Crippen LogP contribution in [0, 0.1) is 22.6 Å². The number of nitrogens with one attached hydrogen (secondary N) is 1. The lowest BCUT2D eigenvalue weighted by Gasteiger charge is -2.67. The van der Waals surface area contributed by atoms with E-state index in [9.17, 15) is 52.2 Å². The Morgan fingerprint density at radius 3 is 1.95 bits per heavy atom. The number of halogens is 9. The summed E-state index contributed by atoms with van der Waals surface area (Å²) in [6.07, 6.45) is -21.5. The van der Waals surface area contributed by atoms with Crippen LogP contribution in [0.5, 0.6) is 0 Å². The van der Waals surface area contributed by atoms with Crippen LogP contribution in [-0.2, 0) is 57.0 Å². The highest BCUT2D eigenvalue weighted by molar-refractivity contribution is 6.68. The lowest BCUT2D eigenvalue weighted by atomic mass is 9.44. The molecule has 0 radical (unpaired) electrons. The Kier molecular flexibility index (Phi) is 18.4. The van der Waals surface area contributed by atoms with Gasteiger partial charge in [-0.2, -0.15) is 0 Å². The van der Waals surface area contributed by atoms with Gasteiger partial charge < -0.3 is 58.2 Å². The van der Waals surface area contributed by atoms with Crippen molar-refractivity contribution < 1.29 is 99.6 Å². The van der Waals surface area contributed by atoms with E-state index in [1.54, 1.807) is 6.07 Å². The number of esters is 3. The standard InChI is InChI=1S/C49H52Cl6F3NO18/c1-22-27(72-38(64)32(61)31(24-13-15-26(56)16-14-24)59-40(65)77-44(5,6)39(57)58)18-47(68)36(75-37(63)25-11-9-8-10-12-25)34-45(7,35(62)33(30(22)43(47,3)4)74-42(67)71-21-49(53,54)55)28(73-41(66)70-20-48(50,51)52)17-29-46(34,19-69-29)76-23(2)60/h8-16,27-29,31-34,36,39,61,68H,17-21H2,1-7H3,(H,59,65)/t27-,28-,29+,31-,32+,33+,34-,36-,45+,46-,47+/m0/s1. The van der Waals surface area contributed by atoms with E-state index >= 15 is 4.79 Å². The number of alkyl carbamates (subject to hydrolysis) is 1. The first-order valence-electron chi connectivity index (χ1n) is 23.3. The quantitative estimate of drug-likeness (QED) is 0.0692. The van der Waals surface area contributed by atoms with E-state index in [4.69, 9.17) is 112 Å². The Morgan fingerprint density at radius 1 is 0.857 bits per heavy atom. The number of hydrogen-bond acceptors (Lipinski definition) is 18. The Morgan fingerprint density at radius 2 is 1.43 bits per heavy atom. The fraction of sp³-hybridized carbons (Fsp3) is 0.571. The van der Waals surface area contributed by atoms with Gasteiger partial charge in [-0.1, -0.05) is 114 Å². The maximum Gasteiger partial charge on any atom is 0.509 e. The van der Waals surface area contributed by atoms with Gasteiger partial charge >= 0.3 is 36.3 Å². The van der Waals surface area contributed by atoms with Gasteiger partial charge in [0.25, 0.3) is 6.43 Å². The summed E-state index contributed by atoms with van der Waals surface area (Å²) in [7, 11) is 0. The molecule has 1 aliphatic heterocycles. The van der Waals surface area contributed by atoms with Gasteiger partial charge in [-0.05, 0) is 68.7 Å². The summed E-state index contributed by atoms with van der Waals surface area (Å²) in [5.41, 5.74) is -12.7. The molecule has 1 heterocycles. The molecule has 77 heavy (non-hydrogen) atoms. The zero-order valence-corrected chi connectivity index (χ0v) is 46.3. The minimum Gasteiger partial charge on any atom is -0.456 e. The molecule has 3 fully saturated rings. The van der Waals surface area contributed by atoms with E-state index in [-0.39, 0.29) is 22.3 Å². The number of aliphatic hydroxyl groups excluding tert-OH is 1. The van der Waals surface area contributed by atoms with Crippen molar-refractivity contribution in [2.45, 2.75) is 135 Å². The molecular formula is C49H52Cl6F3NO18. The number of alkyl halides is 8. The van der Waals surface area contributed by atoms with Crippen LogP contribution in [0.2, 0.25) is 0 Å². The molecule has 0 unspecified atom stereocenters. The number of fused-ring (bicyclic) bond motifs is 5. The molecule has 19 nitrogen and oxygen atoms in total. The monoisotopic (exact) mass is 1210 g/mol. The first-order valence-corrected chi connectivity index (χ1v) is 25.5. The number of ketones is 1. The Bertz CT molecular complexity index is 2640. The van der Waals surface area contributed by atoms with Crippen LogP contribution >= 0.6 is 69.6 Å². The molecule has 11 atom stereocenters. The molecular weight excluding hydrogens is 1160 g/mol. The lowest BCUT2D eigenvalue weighted by Crippen LogP contribution is -2.82. The Balaban J connectivity index is 1.60. The molecule has 0 aromatic heterocycles. The largest absolute Gasteiger partial charge is 0.509 e. The van der Waals surface area contributed by atoms with Crippen LogP contribution in [0.25, 0.3) is 0 Å².